The fourth-order valence-corrected chi connectivity index (χ4v) is 3.30. The van der Waals surface area contributed by atoms with E-state index in [1.807, 2.05) is 36.4 Å². The van der Waals surface area contributed by atoms with Gasteiger partial charge in [-0.1, -0.05) is 72.8 Å². The van der Waals surface area contributed by atoms with Gasteiger partial charge in [0.25, 0.3) is 5.91 Å². The third-order valence-corrected chi connectivity index (χ3v) is 4.62. The predicted molar refractivity (Wildman–Crippen MR) is 109 cm³/mol. The first kappa shape index (κ1) is 18.9. The summed E-state index contributed by atoms with van der Waals surface area (Å²) in [6.45, 7) is 1.12. The maximum absolute atomic E-state index is 12.5. The van der Waals surface area contributed by atoms with E-state index in [0.29, 0.717) is 18.7 Å². The average molecular weight is 359 g/mol. The number of benzene rings is 3. The van der Waals surface area contributed by atoms with Crippen LogP contribution in [0.3, 0.4) is 0 Å². The van der Waals surface area contributed by atoms with Gasteiger partial charge in [0.1, 0.15) is 0 Å². The number of carbonyl (C=O) groups excluding carboxylic acids is 1. The minimum absolute atomic E-state index is 0.0483. The van der Waals surface area contributed by atoms with Crippen LogP contribution < -0.4 is 5.32 Å². The Labute approximate surface area is 161 Å². The Bertz CT molecular complexity index is 807. The minimum Gasteiger partial charge on any atom is -0.380 e. The molecule has 3 aromatic rings. The molecule has 0 unspecified atom stereocenters. The lowest BCUT2D eigenvalue weighted by molar-refractivity contribution is 0.0952. The van der Waals surface area contributed by atoms with E-state index in [1.54, 1.807) is 7.11 Å². The highest BCUT2D eigenvalue weighted by Gasteiger charge is 2.14. The van der Waals surface area contributed by atoms with E-state index in [1.165, 1.54) is 11.1 Å². The molecule has 1 N–H and O–H groups in total. The zero-order valence-electron chi connectivity index (χ0n) is 15.6. The molecular weight excluding hydrogens is 334 g/mol. The fraction of sp³-hybridized carbons (Fsp3) is 0.208. The van der Waals surface area contributed by atoms with E-state index in [2.05, 4.69) is 53.8 Å². The van der Waals surface area contributed by atoms with Crippen LogP contribution in [0.2, 0.25) is 0 Å². The molecule has 3 rings (SSSR count). The van der Waals surface area contributed by atoms with Crippen molar-refractivity contribution in [2.75, 3.05) is 13.7 Å². The average Bonchev–Trinajstić information content (AvgIpc) is 2.73. The van der Waals surface area contributed by atoms with Gasteiger partial charge in [0.05, 0.1) is 6.61 Å². The van der Waals surface area contributed by atoms with Crippen molar-refractivity contribution < 1.29 is 9.53 Å². The van der Waals surface area contributed by atoms with Crippen LogP contribution in [-0.2, 0) is 11.3 Å². The van der Waals surface area contributed by atoms with Crippen LogP contribution in [0.25, 0.3) is 0 Å². The smallest absolute Gasteiger partial charge is 0.251 e. The Morgan fingerprint density at radius 2 is 1.52 bits per heavy atom. The van der Waals surface area contributed by atoms with Crippen LogP contribution in [0.1, 0.15) is 39.4 Å². The number of hydrogen-bond donors (Lipinski definition) is 1. The second kappa shape index (κ2) is 9.70. The van der Waals surface area contributed by atoms with Gasteiger partial charge in [-0.05, 0) is 35.2 Å². The zero-order valence-corrected chi connectivity index (χ0v) is 15.6. The van der Waals surface area contributed by atoms with Gasteiger partial charge in [0, 0.05) is 25.1 Å². The maximum atomic E-state index is 12.5. The lowest BCUT2D eigenvalue weighted by Crippen LogP contribution is -2.26. The van der Waals surface area contributed by atoms with Gasteiger partial charge in [-0.3, -0.25) is 4.79 Å². The molecule has 27 heavy (non-hydrogen) atoms. The van der Waals surface area contributed by atoms with E-state index < -0.39 is 0 Å². The Morgan fingerprint density at radius 3 is 2.11 bits per heavy atom. The monoisotopic (exact) mass is 359 g/mol. The van der Waals surface area contributed by atoms with E-state index >= 15 is 0 Å². The SMILES string of the molecule is COCc1cccc(C(=O)NCCC(c2ccccc2)c2ccccc2)c1. The van der Waals surface area contributed by atoms with E-state index in [-0.39, 0.29) is 11.8 Å². The molecule has 0 saturated heterocycles. The number of carbonyl (C=O) groups is 1. The Kier molecular flexibility index (Phi) is 6.78. The molecule has 3 aromatic carbocycles. The summed E-state index contributed by atoms with van der Waals surface area (Å²) in [5.41, 5.74) is 4.19. The molecule has 0 aliphatic carbocycles. The Balaban J connectivity index is 1.66. The van der Waals surface area contributed by atoms with Gasteiger partial charge in [-0.15, -0.1) is 0 Å². The lowest BCUT2D eigenvalue weighted by Gasteiger charge is -2.18. The number of amides is 1. The van der Waals surface area contributed by atoms with Gasteiger partial charge >= 0.3 is 0 Å². The van der Waals surface area contributed by atoms with E-state index in [4.69, 9.17) is 4.74 Å². The summed E-state index contributed by atoms with van der Waals surface area (Å²) >= 11 is 0. The van der Waals surface area contributed by atoms with Crippen molar-refractivity contribution in [3.05, 3.63) is 107 Å². The largest absolute Gasteiger partial charge is 0.380 e. The fourth-order valence-electron chi connectivity index (χ4n) is 3.30. The van der Waals surface area contributed by atoms with Gasteiger partial charge in [-0.25, -0.2) is 0 Å². The highest BCUT2D eigenvalue weighted by molar-refractivity contribution is 5.94. The Morgan fingerprint density at radius 1 is 0.889 bits per heavy atom. The lowest BCUT2D eigenvalue weighted by atomic mass is 9.88. The summed E-state index contributed by atoms with van der Waals surface area (Å²) in [6.07, 6.45) is 0.845. The molecule has 1 amide bonds. The number of methoxy groups -OCH3 is 1. The van der Waals surface area contributed by atoms with Crippen LogP contribution in [0.4, 0.5) is 0 Å². The summed E-state index contributed by atoms with van der Waals surface area (Å²) < 4.78 is 5.14. The topological polar surface area (TPSA) is 38.3 Å². The molecular formula is C24H25NO2. The highest BCUT2D eigenvalue weighted by Crippen LogP contribution is 2.27. The molecule has 0 bridgehead atoms. The number of nitrogens with one attached hydrogen (secondary N) is 1. The first-order valence-electron chi connectivity index (χ1n) is 9.24. The Hall–Kier alpha value is -2.91. The van der Waals surface area contributed by atoms with Crippen molar-refractivity contribution in [3.63, 3.8) is 0 Å². The van der Waals surface area contributed by atoms with Crippen molar-refractivity contribution in [2.45, 2.75) is 18.9 Å². The molecule has 0 atom stereocenters. The number of rotatable bonds is 8. The van der Waals surface area contributed by atoms with Crippen molar-refractivity contribution in [1.82, 2.24) is 5.32 Å². The van der Waals surface area contributed by atoms with Gasteiger partial charge in [0.15, 0.2) is 0 Å². The number of hydrogen-bond acceptors (Lipinski definition) is 2. The van der Waals surface area contributed by atoms with Crippen molar-refractivity contribution in [1.29, 1.82) is 0 Å². The third kappa shape index (κ3) is 5.28. The molecule has 0 aliphatic heterocycles. The van der Waals surface area contributed by atoms with E-state index in [0.717, 1.165) is 12.0 Å². The molecule has 3 heteroatoms. The summed E-state index contributed by atoms with van der Waals surface area (Å²) in [4.78, 5) is 12.5. The van der Waals surface area contributed by atoms with Crippen molar-refractivity contribution in [2.24, 2.45) is 0 Å². The highest BCUT2D eigenvalue weighted by atomic mass is 16.5. The molecule has 0 heterocycles. The molecule has 0 aromatic heterocycles. The first-order chi connectivity index (χ1) is 13.3. The molecule has 0 saturated carbocycles. The minimum atomic E-state index is -0.0483. The van der Waals surface area contributed by atoms with Crippen LogP contribution in [0.5, 0.6) is 0 Å². The van der Waals surface area contributed by atoms with Crippen molar-refractivity contribution in [3.8, 4) is 0 Å². The van der Waals surface area contributed by atoms with Crippen molar-refractivity contribution >= 4 is 5.91 Å². The van der Waals surface area contributed by atoms with Gasteiger partial charge < -0.3 is 10.1 Å². The molecule has 0 aliphatic rings. The maximum Gasteiger partial charge on any atom is 0.251 e. The molecule has 0 spiro atoms. The van der Waals surface area contributed by atoms with Crippen LogP contribution in [-0.4, -0.2) is 19.6 Å². The van der Waals surface area contributed by atoms with Gasteiger partial charge in [0.2, 0.25) is 0 Å². The van der Waals surface area contributed by atoms with Crippen LogP contribution in [0, 0.1) is 0 Å². The first-order valence-corrected chi connectivity index (χ1v) is 9.24. The normalized spacial score (nSPS) is 10.7. The third-order valence-electron chi connectivity index (χ3n) is 4.62. The zero-order chi connectivity index (χ0) is 18.9. The summed E-state index contributed by atoms with van der Waals surface area (Å²) in [5, 5.41) is 3.06. The second-order valence-electron chi connectivity index (χ2n) is 6.55. The molecule has 0 fully saturated rings. The van der Waals surface area contributed by atoms with Crippen LogP contribution in [0.15, 0.2) is 84.9 Å². The molecule has 138 valence electrons. The predicted octanol–water partition coefficient (Wildman–Crippen LogP) is 4.79. The standard InChI is InChI=1S/C24H25NO2/c1-27-18-19-9-8-14-22(17-19)24(26)25-16-15-23(20-10-4-2-5-11-20)21-12-6-3-7-13-21/h2-14,17,23H,15-16,18H2,1H3,(H,25,26). The quantitative estimate of drug-likeness (QED) is 0.628. The molecule has 3 nitrogen and oxygen atoms in total. The van der Waals surface area contributed by atoms with Crippen LogP contribution >= 0.6 is 0 Å². The number of ether oxygens (including phenoxy) is 1. The van der Waals surface area contributed by atoms with Gasteiger partial charge in [-0.2, -0.15) is 0 Å². The summed E-state index contributed by atoms with van der Waals surface area (Å²) in [6, 6.07) is 28.4. The second-order valence-corrected chi connectivity index (χ2v) is 6.55. The van der Waals surface area contributed by atoms with E-state index in [9.17, 15) is 4.79 Å². The summed E-state index contributed by atoms with van der Waals surface area (Å²) in [7, 11) is 1.65. The molecule has 0 radical (unpaired) electrons. The summed E-state index contributed by atoms with van der Waals surface area (Å²) in [5.74, 6) is 0.209.